The fourth-order valence-electron chi connectivity index (χ4n) is 7.93. The molecule has 0 N–H and O–H groups in total. The van der Waals surface area contributed by atoms with Crippen molar-refractivity contribution in [2.45, 2.75) is 0 Å². The highest BCUT2D eigenvalue weighted by Crippen LogP contribution is 2.47. The first kappa shape index (κ1) is 31.6. The number of fused-ring (bicyclic) bond motifs is 4. The molecule has 0 spiro atoms. The predicted octanol–water partition coefficient (Wildman–Crippen LogP) is 14.9. The minimum absolute atomic E-state index is 0.903. The molecule has 0 saturated carbocycles. The van der Waals surface area contributed by atoms with Gasteiger partial charge in [-0.3, -0.25) is 0 Å². The van der Waals surface area contributed by atoms with Crippen LogP contribution in [0.25, 0.3) is 77.2 Å². The standard InChI is InChI=1S/C52H35NO/c1-3-15-37(16-4-1)44-22-9-11-27-49(44)53(41-32-29-39(30-33-41)46-25-14-26-48-47-23-10-12-28-51(47)54-52(46)48)50-35-40(31-34-45(50)38-17-5-2-6-18-38)43-24-13-20-36-19-7-8-21-42(36)43/h1-35H. The van der Waals surface area contributed by atoms with E-state index in [0.29, 0.717) is 0 Å². The maximum absolute atomic E-state index is 6.46. The molecule has 0 aliphatic carbocycles. The lowest BCUT2D eigenvalue weighted by Crippen LogP contribution is -2.12. The van der Waals surface area contributed by atoms with Crippen molar-refractivity contribution < 1.29 is 4.42 Å². The van der Waals surface area contributed by atoms with Crippen LogP contribution in [0.1, 0.15) is 0 Å². The van der Waals surface area contributed by atoms with Crippen molar-refractivity contribution in [1.82, 2.24) is 0 Å². The Balaban J connectivity index is 1.21. The van der Waals surface area contributed by atoms with Gasteiger partial charge in [-0.05, 0) is 68.9 Å². The SMILES string of the molecule is c1ccc(-c2ccccc2N(c2ccc(-c3cccc4c3oc3ccccc34)cc2)c2cc(-c3cccc4ccccc34)ccc2-c2ccccc2)cc1. The summed E-state index contributed by atoms with van der Waals surface area (Å²) in [7, 11) is 0. The first-order valence-corrected chi connectivity index (χ1v) is 18.4. The molecule has 9 aromatic carbocycles. The Hall–Kier alpha value is -7.16. The molecular weight excluding hydrogens is 655 g/mol. The van der Waals surface area contributed by atoms with Crippen LogP contribution < -0.4 is 4.90 Å². The molecule has 0 fully saturated rings. The minimum Gasteiger partial charge on any atom is -0.455 e. The number of benzene rings is 9. The van der Waals surface area contributed by atoms with Crippen molar-refractivity contribution in [3.63, 3.8) is 0 Å². The van der Waals surface area contributed by atoms with Crippen LogP contribution in [-0.2, 0) is 0 Å². The highest BCUT2D eigenvalue weighted by atomic mass is 16.3. The third-order valence-electron chi connectivity index (χ3n) is 10.5. The molecule has 0 amide bonds. The van der Waals surface area contributed by atoms with Gasteiger partial charge in [0.2, 0.25) is 0 Å². The minimum atomic E-state index is 0.903. The maximum Gasteiger partial charge on any atom is 0.143 e. The lowest BCUT2D eigenvalue weighted by Gasteiger charge is -2.30. The highest BCUT2D eigenvalue weighted by molar-refractivity contribution is 6.09. The van der Waals surface area contributed by atoms with E-state index in [0.717, 1.165) is 77.9 Å². The van der Waals surface area contributed by atoms with Crippen LogP contribution in [0, 0.1) is 0 Å². The van der Waals surface area contributed by atoms with Crippen molar-refractivity contribution in [1.29, 1.82) is 0 Å². The fourth-order valence-corrected chi connectivity index (χ4v) is 7.93. The van der Waals surface area contributed by atoms with Crippen molar-refractivity contribution in [3.05, 3.63) is 212 Å². The van der Waals surface area contributed by atoms with Crippen LogP contribution in [0.5, 0.6) is 0 Å². The maximum atomic E-state index is 6.46. The van der Waals surface area contributed by atoms with E-state index in [2.05, 4.69) is 205 Å². The number of hydrogen-bond acceptors (Lipinski definition) is 2. The van der Waals surface area contributed by atoms with Gasteiger partial charge in [0.15, 0.2) is 0 Å². The quantitative estimate of drug-likeness (QED) is 0.166. The second kappa shape index (κ2) is 13.4. The Morgan fingerprint density at radius 1 is 0.315 bits per heavy atom. The average Bonchev–Trinajstić information content (AvgIpc) is 3.64. The smallest absolute Gasteiger partial charge is 0.143 e. The Morgan fingerprint density at radius 3 is 1.65 bits per heavy atom. The van der Waals surface area contributed by atoms with E-state index in [9.17, 15) is 0 Å². The van der Waals surface area contributed by atoms with E-state index in [1.54, 1.807) is 0 Å². The normalized spacial score (nSPS) is 11.3. The molecule has 0 unspecified atom stereocenters. The van der Waals surface area contributed by atoms with Crippen molar-refractivity contribution in [3.8, 4) is 44.5 Å². The molecule has 0 atom stereocenters. The number of rotatable bonds is 7. The van der Waals surface area contributed by atoms with Gasteiger partial charge in [-0.2, -0.15) is 0 Å². The van der Waals surface area contributed by atoms with E-state index in [1.165, 1.54) is 16.3 Å². The highest BCUT2D eigenvalue weighted by Gasteiger charge is 2.22. The molecule has 10 aromatic rings. The van der Waals surface area contributed by atoms with Crippen LogP contribution in [0.15, 0.2) is 217 Å². The van der Waals surface area contributed by atoms with Crippen molar-refractivity contribution in [2.75, 3.05) is 4.90 Å². The van der Waals surface area contributed by atoms with Gasteiger partial charge in [-0.25, -0.2) is 0 Å². The summed E-state index contributed by atoms with van der Waals surface area (Å²) in [5, 5.41) is 4.72. The molecule has 254 valence electrons. The van der Waals surface area contributed by atoms with Gasteiger partial charge in [-0.15, -0.1) is 0 Å². The van der Waals surface area contributed by atoms with Gasteiger partial charge < -0.3 is 9.32 Å². The molecule has 0 bridgehead atoms. The molecule has 10 rings (SSSR count). The molecule has 2 nitrogen and oxygen atoms in total. The first-order chi connectivity index (χ1) is 26.8. The summed E-state index contributed by atoms with van der Waals surface area (Å²) in [6.45, 7) is 0. The molecule has 2 heteroatoms. The van der Waals surface area contributed by atoms with Gasteiger partial charge >= 0.3 is 0 Å². The second-order valence-electron chi connectivity index (χ2n) is 13.7. The zero-order chi connectivity index (χ0) is 35.8. The Labute approximate surface area is 314 Å². The Kier molecular flexibility index (Phi) is 7.85. The molecule has 0 saturated heterocycles. The third-order valence-corrected chi connectivity index (χ3v) is 10.5. The van der Waals surface area contributed by atoms with Gasteiger partial charge in [0.25, 0.3) is 0 Å². The monoisotopic (exact) mass is 689 g/mol. The summed E-state index contributed by atoms with van der Waals surface area (Å²) in [6, 6.07) is 76.0. The average molecular weight is 690 g/mol. The fraction of sp³-hybridized carbons (Fsp3) is 0. The third kappa shape index (κ3) is 5.53. The predicted molar refractivity (Wildman–Crippen MR) is 228 cm³/mol. The van der Waals surface area contributed by atoms with E-state index in [4.69, 9.17) is 4.42 Å². The molecule has 0 aliphatic rings. The number of anilines is 3. The largest absolute Gasteiger partial charge is 0.455 e. The van der Waals surface area contributed by atoms with E-state index >= 15 is 0 Å². The van der Waals surface area contributed by atoms with Crippen LogP contribution >= 0.6 is 0 Å². The van der Waals surface area contributed by atoms with Crippen molar-refractivity contribution >= 4 is 49.8 Å². The van der Waals surface area contributed by atoms with Crippen LogP contribution in [-0.4, -0.2) is 0 Å². The molecule has 54 heavy (non-hydrogen) atoms. The molecular formula is C52H35NO. The topological polar surface area (TPSA) is 16.4 Å². The summed E-state index contributed by atoms with van der Waals surface area (Å²) < 4.78 is 6.46. The lowest BCUT2D eigenvalue weighted by molar-refractivity contribution is 0.670. The first-order valence-electron chi connectivity index (χ1n) is 18.4. The van der Waals surface area contributed by atoms with Gasteiger partial charge in [-0.1, -0.05) is 182 Å². The van der Waals surface area contributed by atoms with Crippen LogP contribution in [0.3, 0.4) is 0 Å². The molecule has 0 aliphatic heterocycles. The zero-order valence-corrected chi connectivity index (χ0v) is 29.6. The summed E-state index contributed by atoms with van der Waals surface area (Å²) >= 11 is 0. The summed E-state index contributed by atoms with van der Waals surface area (Å²) in [4.78, 5) is 2.44. The van der Waals surface area contributed by atoms with Gasteiger partial charge in [0, 0.05) is 33.2 Å². The number of nitrogens with zero attached hydrogens (tertiary/aromatic N) is 1. The van der Waals surface area contributed by atoms with Crippen LogP contribution in [0.4, 0.5) is 17.1 Å². The molecule has 1 aromatic heterocycles. The van der Waals surface area contributed by atoms with Crippen molar-refractivity contribution in [2.24, 2.45) is 0 Å². The summed E-state index contributed by atoms with van der Waals surface area (Å²) in [6.07, 6.45) is 0. The second-order valence-corrected chi connectivity index (χ2v) is 13.7. The summed E-state index contributed by atoms with van der Waals surface area (Å²) in [5.41, 5.74) is 14.3. The number of hydrogen-bond donors (Lipinski definition) is 0. The summed E-state index contributed by atoms with van der Waals surface area (Å²) in [5.74, 6) is 0. The number of furan rings is 1. The lowest BCUT2D eigenvalue weighted by atomic mass is 9.93. The van der Waals surface area contributed by atoms with E-state index in [1.807, 2.05) is 12.1 Å². The molecule has 0 radical (unpaired) electrons. The van der Waals surface area contributed by atoms with Gasteiger partial charge in [0.1, 0.15) is 11.2 Å². The zero-order valence-electron chi connectivity index (χ0n) is 29.6. The van der Waals surface area contributed by atoms with Gasteiger partial charge in [0.05, 0.1) is 11.4 Å². The van der Waals surface area contributed by atoms with Crippen LogP contribution in [0.2, 0.25) is 0 Å². The molecule has 1 heterocycles. The number of para-hydroxylation sites is 3. The Morgan fingerprint density at radius 2 is 0.852 bits per heavy atom. The Bertz CT molecular complexity index is 2920. The van der Waals surface area contributed by atoms with E-state index < -0.39 is 0 Å². The van der Waals surface area contributed by atoms with E-state index in [-0.39, 0.29) is 0 Å².